The first-order valence-electron chi connectivity index (χ1n) is 10.0. The van der Waals surface area contributed by atoms with Gasteiger partial charge in [0, 0.05) is 19.1 Å². The van der Waals surface area contributed by atoms with Crippen LogP contribution in [0.1, 0.15) is 48.9 Å². The number of phenolic OH excluding ortho intramolecular Hbond substituents is 1. The molecule has 0 saturated carbocycles. The molecule has 29 heavy (non-hydrogen) atoms. The normalized spacial score (nSPS) is 21.6. The number of rotatable bonds is 5. The highest BCUT2D eigenvalue weighted by atomic mass is 16.5. The van der Waals surface area contributed by atoms with Crippen LogP contribution in [0, 0.1) is 11.8 Å². The molecule has 5 heteroatoms. The van der Waals surface area contributed by atoms with Crippen molar-refractivity contribution in [1.29, 1.82) is 0 Å². The van der Waals surface area contributed by atoms with Gasteiger partial charge in [-0.05, 0) is 64.1 Å². The van der Waals surface area contributed by atoms with Crippen molar-refractivity contribution in [3.05, 3.63) is 52.6 Å². The van der Waals surface area contributed by atoms with Crippen molar-refractivity contribution in [1.82, 2.24) is 0 Å². The van der Waals surface area contributed by atoms with E-state index in [-0.39, 0.29) is 42.1 Å². The van der Waals surface area contributed by atoms with Crippen LogP contribution in [-0.4, -0.2) is 42.8 Å². The lowest BCUT2D eigenvalue weighted by atomic mass is 9.66. The summed E-state index contributed by atoms with van der Waals surface area (Å²) in [6.07, 6.45) is 0.605. The highest BCUT2D eigenvalue weighted by molar-refractivity contribution is 5.53. The van der Waals surface area contributed by atoms with Crippen LogP contribution in [0.5, 0.6) is 17.2 Å². The summed E-state index contributed by atoms with van der Waals surface area (Å²) < 4.78 is 10.9. The van der Waals surface area contributed by atoms with Gasteiger partial charge in [0.25, 0.3) is 0 Å². The van der Waals surface area contributed by atoms with Crippen molar-refractivity contribution in [3.63, 3.8) is 0 Å². The van der Waals surface area contributed by atoms with Gasteiger partial charge in [-0.15, -0.1) is 0 Å². The van der Waals surface area contributed by atoms with E-state index in [1.54, 1.807) is 13.2 Å². The minimum Gasteiger partial charge on any atom is -0.504 e. The molecule has 0 aromatic heterocycles. The Morgan fingerprint density at radius 3 is 2.21 bits per heavy atom. The Balaban J connectivity index is 2.23. The summed E-state index contributed by atoms with van der Waals surface area (Å²) in [5.74, 6) is 0.988. The minimum absolute atomic E-state index is 0.0176. The van der Waals surface area contributed by atoms with Crippen LogP contribution in [0.2, 0.25) is 0 Å². The second-order valence-corrected chi connectivity index (χ2v) is 8.90. The predicted molar refractivity (Wildman–Crippen MR) is 113 cm³/mol. The van der Waals surface area contributed by atoms with Crippen molar-refractivity contribution in [2.75, 3.05) is 27.4 Å². The van der Waals surface area contributed by atoms with E-state index < -0.39 is 0 Å². The number of aromatic hydroxyl groups is 1. The maximum atomic E-state index is 10.3. The molecule has 0 heterocycles. The third kappa shape index (κ3) is 3.94. The second kappa shape index (κ2) is 8.25. The molecule has 0 aliphatic heterocycles. The Morgan fingerprint density at radius 1 is 0.966 bits per heavy atom. The predicted octanol–water partition coefficient (Wildman–Crippen LogP) is 3.61. The van der Waals surface area contributed by atoms with Crippen molar-refractivity contribution in [2.45, 2.75) is 38.5 Å². The number of aliphatic hydroxyl groups is 2. The van der Waals surface area contributed by atoms with Crippen LogP contribution in [0.4, 0.5) is 0 Å². The average Bonchev–Trinajstić information content (AvgIpc) is 2.70. The van der Waals surface area contributed by atoms with Gasteiger partial charge in [0.05, 0.1) is 14.2 Å². The van der Waals surface area contributed by atoms with Gasteiger partial charge in [0.1, 0.15) is 5.75 Å². The molecular formula is C24H32O5. The number of phenols is 1. The van der Waals surface area contributed by atoms with Crippen LogP contribution in [-0.2, 0) is 11.8 Å². The lowest BCUT2D eigenvalue weighted by Gasteiger charge is -2.39. The Kier molecular flexibility index (Phi) is 6.11. The van der Waals surface area contributed by atoms with E-state index in [9.17, 15) is 15.3 Å². The number of methoxy groups -OCH3 is 2. The second-order valence-electron chi connectivity index (χ2n) is 8.90. The standard InChI is InChI=1S/C24H32O5/c1-24(2,3)19-9-14(6-7-21(19)28-4)23-17-11-22(29-5)20(27)10-15(17)8-16(12-25)18(23)13-26/h6-7,9-11,16,18,23,25-27H,8,12-13H2,1-5H3/t16-,18-,23-/m1/s1. The third-order valence-electron chi connectivity index (χ3n) is 6.13. The van der Waals surface area contributed by atoms with E-state index in [1.807, 2.05) is 18.2 Å². The average molecular weight is 401 g/mol. The van der Waals surface area contributed by atoms with Crippen LogP contribution in [0.15, 0.2) is 30.3 Å². The molecule has 0 fully saturated rings. The maximum absolute atomic E-state index is 10.3. The molecule has 1 aliphatic rings. The van der Waals surface area contributed by atoms with Gasteiger partial charge < -0.3 is 24.8 Å². The number of hydrogen-bond donors (Lipinski definition) is 3. The van der Waals surface area contributed by atoms with Gasteiger partial charge >= 0.3 is 0 Å². The van der Waals surface area contributed by atoms with Gasteiger partial charge in [0.15, 0.2) is 11.5 Å². The molecule has 3 N–H and O–H groups in total. The SMILES string of the molecule is COc1cc2c(cc1O)C[C@H](CO)[C@@H](CO)[C@@H]2c1ccc(OC)c(C(C)(C)C)c1. The zero-order chi connectivity index (χ0) is 21.3. The van der Waals surface area contributed by atoms with E-state index in [2.05, 4.69) is 26.8 Å². The molecule has 2 aromatic carbocycles. The molecule has 3 atom stereocenters. The molecule has 0 unspecified atom stereocenters. The monoisotopic (exact) mass is 400 g/mol. The fourth-order valence-corrected chi connectivity index (χ4v) is 4.58. The Labute approximate surface area is 172 Å². The van der Waals surface area contributed by atoms with Crippen molar-refractivity contribution in [3.8, 4) is 17.2 Å². The molecule has 158 valence electrons. The maximum Gasteiger partial charge on any atom is 0.160 e. The molecule has 1 aliphatic carbocycles. The highest BCUT2D eigenvalue weighted by Gasteiger charge is 2.38. The smallest absolute Gasteiger partial charge is 0.160 e. The quantitative estimate of drug-likeness (QED) is 0.715. The van der Waals surface area contributed by atoms with Crippen LogP contribution >= 0.6 is 0 Å². The molecular weight excluding hydrogens is 368 g/mol. The number of ether oxygens (including phenoxy) is 2. The van der Waals surface area contributed by atoms with Crippen LogP contribution in [0.3, 0.4) is 0 Å². The first kappa shape index (κ1) is 21.5. The highest BCUT2D eigenvalue weighted by Crippen LogP contribution is 2.47. The van der Waals surface area contributed by atoms with Crippen molar-refractivity contribution in [2.24, 2.45) is 11.8 Å². The van der Waals surface area contributed by atoms with Gasteiger partial charge in [-0.1, -0.05) is 32.9 Å². The lowest BCUT2D eigenvalue weighted by Crippen LogP contribution is -2.35. The van der Waals surface area contributed by atoms with Gasteiger partial charge in [0.2, 0.25) is 0 Å². The minimum atomic E-state index is -0.136. The van der Waals surface area contributed by atoms with E-state index >= 15 is 0 Å². The Bertz CT molecular complexity index is 868. The fraction of sp³-hybridized carbons (Fsp3) is 0.500. The van der Waals surface area contributed by atoms with Gasteiger partial charge in [-0.3, -0.25) is 0 Å². The number of hydrogen-bond acceptors (Lipinski definition) is 5. The van der Waals surface area contributed by atoms with E-state index in [0.717, 1.165) is 28.0 Å². The summed E-state index contributed by atoms with van der Waals surface area (Å²) in [5.41, 5.74) is 4.03. The molecule has 0 radical (unpaired) electrons. The molecule has 3 rings (SSSR count). The Hall–Kier alpha value is -2.24. The van der Waals surface area contributed by atoms with Gasteiger partial charge in [-0.2, -0.15) is 0 Å². The van der Waals surface area contributed by atoms with E-state index in [4.69, 9.17) is 9.47 Å². The number of fused-ring (bicyclic) bond motifs is 1. The lowest BCUT2D eigenvalue weighted by molar-refractivity contribution is 0.101. The molecule has 0 amide bonds. The molecule has 5 nitrogen and oxygen atoms in total. The third-order valence-corrected chi connectivity index (χ3v) is 6.13. The summed E-state index contributed by atoms with van der Waals surface area (Å²) in [4.78, 5) is 0. The van der Waals surface area contributed by atoms with Crippen molar-refractivity contribution < 1.29 is 24.8 Å². The number of aliphatic hydroxyl groups excluding tert-OH is 2. The zero-order valence-corrected chi connectivity index (χ0v) is 17.9. The summed E-state index contributed by atoms with van der Waals surface area (Å²) >= 11 is 0. The molecule has 0 spiro atoms. The van der Waals surface area contributed by atoms with Gasteiger partial charge in [-0.25, -0.2) is 0 Å². The first-order chi connectivity index (χ1) is 13.7. The zero-order valence-electron chi connectivity index (χ0n) is 17.9. The summed E-state index contributed by atoms with van der Waals surface area (Å²) in [5, 5.41) is 30.5. The fourth-order valence-electron chi connectivity index (χ4n) is 4.58. The summed E-state index contributed by atoms with van der Waals surface area (Å²) in [7, 11) is 3.20. The molecule has 0 bridgehead atoms. The van der Waals surface area contributed by atoms with Crippen LogP contribution in [0.25, 0.3) is 0 Å². The van der Waals surface area contributed by atoms with Crippen molar-refractivity contribution >= 4 is 0 Å². The first-order valence-corrected chi connectivity index (χ1v) is 10.0. The van der Waals surface area contributed by atoms with E-state index in [1.165, 1.54) is 7.11 Å². The molecule has 2 aromatic rings. The summed E-state index contributed by atoms with van der Waals surface area (Å²) in [6.45, 7) is 6.38. The largest absolute Gasteiger partial charge is 0.504 e. The van der Waals surface area contributed by atoms with E-state index in [0.29, 0.717) is 12.2 Å². The Morgan fingerprint density at radius 2 is 1.66 bits per heavy atom. The molecule has 0 saturated heterocycles. The van der Waals surface area contributed by atoms with Crippen LogP contribution < -0.4 is 9.47 Å². The summed E-state index contributed by atoms with van der Waals surface area (Å²) in [6, 6.07) is 9.75. The topological polar surface area (TPSA) is 79.2 Å². The number of benzene rings is 2.